The van der Waals surface area contributed by atoms with Crippen molar-refractivity contribution in [3.8, 4) is 0 Å². The highest BCUT2D eigenvalue weighted by atomic mass is 19.1. The summed E-state index contributed by atoms with van der Waals surface area (Å²) in [5, 5.41) is 12.3. The van der Waals surface area contributed by atoms with Gasteiger partial charge in [-0.2, -0.15) is 0 Å². The average molecular weight is 251 g/mol. The van der Waals surface area contributed by atoms with E-state index in [1.807, 2.05) is 0 Å². The van der Waals surface area contributed by atoms with Gasteiger partial charge in [0.2, 0.25) is 0 Å². The van der Waals surface area contributed by atoms with E-state index in [0.717, 1.165) is 18.9 Å². The topological polar surface area (TPSA) is 49.3 Å². The smallest absolute Gasteiger partial charge is 0.337 e. The first-order valence-corrected chi connectivity index (χ1v) is 6.28. The number of carboxylic acids is 1. The summed E-state index contributed by atoms with van der Waals surface area (Å²) in [5.74, 6) is -0.491. The van der Waals surface area contributed by atoms with Crippen molar-refractivity contribution in [2.45, 2.75) is 32.7 Å². The molecule has 98 valence electrons. The summed E-state index contributed by atoms with van der Waals surface area (Å²) >= 11 is 0. The molecule has 0 spiro atoms. The van der Waals surface area contributed by atoms with Gasteiger partial charge in [-0.1, -0.05) is 13.8 Å². The minimum atomic E-state index is -1.10. The van der Waals surface area contributed by atoms with Crippen LogP contribution in [-0.2, 0) is 0 Å². The van der Waals surface area contributed by atoms with Crippen LogP contribution >= 0.6 is 0 Å². The number of benzene rings is 1. The Labute approximate surface area is 106 Å². The lowest BCUT2D eigenvalue weighted by atomic mass is 9.97. The fourth-order valence-electron chi connectivity index (χ4n) is 2.59. The highest BCUT2D eigenvalue weighted by molar-refractivity contribution is 5.94. The van der Waals surface area contributed by atoms with Crippen molar-refractivity contribution in [1.82, 2.24) is 0 Å². The maximum atomic E-state index is 13.1. The Morgan fingerprint density at radius 1 is 1.39 bits per heavy atom. The Morgan fingerprint density at radius 3 is 2.67 bits per heavy atom. The summed E-state index contributed by atoms with van der Waals surface area (Å²) in [6.45, 7) is 4.37. The molecule has 18 heavy (non-hydrogen) atoms. The lowest BCUT2D eigenvalue weighted by Crippen LogP contribution is -2.25. The average Bonchev–Trinajstić information content (AvgIpc) is 2.63. The summed E-state index contributed by atoms with van der Waals surface area (Å²) in [6, 6.07) is 4.13. The zero-order valence-corrected chi connectivity index (χ0v) is 10.6. The van der Waals surface area contributed by atoms with Gasteiger partial charge in [-0.25, -0.2) is 9.18 Å². The standard InChI is InChI=1S/C14H18FNO2/c1-8-3-5-12(9(8)2)16-13-6-4-10(15)7-11(13)14(17)18/h4,6-9,12,16H,3,5H2,1-2H3,(H,17,18). The van der Waals surface area contributed by atoms with Gasteiger partial charge in [-0.15, -0.1) is 0 Å². The van der Waals surface area contributed by atoms with Gasteiger partial charge in [0.1, 0.15) is 5.82 Å². The first-order valence-electron chi connectivity index (χ1n) is 6.28. The molecule has 2 N–H and O–H groups in total. The molecule has 1 fully saturated rings. The van der Waals surface area contributed by atoms with E-state index in [2.05, 4.69) is 19.2 Å². The molecule has 2 rings (SSSR count). The lowest BCUT2D eigenvalue weighted by Gasteiger charge is -2.21. The SMILES string of the molecule is CC1CCC(Nc2ccc(F)cc2C(=O)O)C1C. The van der Waals surface area contributed by atoms with E-state index in [1.54, 1.807) is 0 Å². The minimum Gasteiger partial charge on any atom is -0.478 e. The highest BCUT2D eigenvalue weighted by Gasteiger charge is 2.30. The second-order valence-corrected chi connectivity index (χ2v) is 5.16. The number of hydrogen-bond donors (Lipinski definition) is 2. The molecule has 0 saturated heterocycles. The second-order valence-electron chi connectivity index (χ2n) is 5.16. The quantitative estimate of drug-likeness (QED) is 0.866. The van der Waals surface area contributed by atoms with Gasteiger partial charge in [0, 0.05) is 11.7 Å². The third kappa shape index (κ3) is 2.47. The number of nitrogens with one attached hydrogen (secondary N) is 1. The van der Waals surface area contributed by atoms with Crippen LogP contribution in [-0.4, -0.2) is 17.1 Å². The fourth-order valence-corrected chi connectivity index (χ4v) is 2.59. The summed E-state index contributed by atoms with van der Waals surface area (Å²) in [7, 11) is 0. The Bertz CT molecular complexity index is 461. The molecule has 1 aliphatic rings. The summed E-state index contributed by atoms with van der Waals surface area (Å²) in [4.78, 5) is 11.1. The van der Waals surface area contributed by atoms with E-state index in [1.165, 1.54) is 12.1 Å². The van der Waals surface area contributed by atoms with E-state index in [9.17, 15) is 9.18 Å². The Balaban J connectivity index is 2.21. The Morgan fingerprint density at radius 2 is 2.11 bits per heavy atom. The van der Waals surface area contributed by atoms with Crippen LogP contribution in [0, 0.1) is 17.7 Å². The molecule has 0 radical (unpaired) electrons. The van der Waals surface area contributed by atoms with Crippen LogP contribution in [0.5, 0.6) is 0 Å². The molecular formula is C14H18FNO2. The predicted molar refractivity (Wildman–Crippen MR) is 68.3 cm³/mol. The van der Waals surface area contributed by atoms with Gasteiger partial charge >= 0.3 is 5.97 Å². The van der Waals surface area contributed by atoms with E-state index in [4.69, 9.17) is 5.11 Å². The normalized spacial score (nSPS) is 27.2. The number of halogens is 1. The van der Waals surface area contributed by atoms with Crippen LogP contribution < -0.4 is 5.32 Å². The highest BCUT2D eigenvalue weighted by Crippen LogP contribution is 2.34. The third-order valence-electron chi connectivity index (χ3n) is 4.02. The summed E-state index contributed by atoms with van der Waals surface area (Å²) in [6.07, 6.45) is 2.17. The molecule has 4 heteroatoms. The van der Waals surface area contributed by atoms with E-state index >= 15 is 0 Å². The molecule has 1 aliphatic carbocycles. The van der Waals surface area contributed by atoms with Crippen molar-refractivity contribution >= 4 is 11.7 Å². The minimum absolute atomic E-state index is 0.00162. The van der Waals surface area contributed by atoms with Gasteiger partial charge in [0.25, 0.3) is 0 Å². The number of rotatable bonds is 3. The van der Waals surface area contributed by atoms with Crippen molar-refractivity contribution in [1.29, 1.82) is 0 Å². The number of carboxylic acid groups (broad SMARTS) is 1. The maximum Gasteiger partial charge on any atom is 0.337 e. The molecule has 0 amide bonds. The molecule has 3 unspecified atom stereocenters. The molecule has 0 aromatic heterocycles. The zero-order valence-electron chi connectivity index (χ0n) is 10.6. The first kappa shape index (κ1) is 12.9. The van der Waals surface area contributed by atoms with E-state index in [0.29, 0.717) is 17.5 Å². The number of anilines is 1. The van der Waals surface area contributed by atoms with Gasteiger partial charge in [0.15, 0.2) is 0 Å². The van der Waals surface area contributed by atoms with Crippen molar-refractivity contribution < 1.29 is 14.3 Å². The van der Waals surface area contributed by atoms with Crippen LogP contribution in [0.4, 0.5) is 10.1 Å². The maximum absolute atomic E-state index is 13.1. The number of hydrogen-bond acceptors (Lipinski definition) is 2. The molecule has 1 aromatic carbocycles. The van der Waals surface area contributed by atoms with Crippen LogP contribution in [0.3, 0.4) is 0 Å². The Hall–Kier alpha value is -1.58. The summed E-state index contributed by atoms with van der Waals surface area (Å²) in [5.41, 5.74) is 0.511. The summed E-state index contributed by atoms with van der Waals surface area (Å²) < 4.78 is 13.1. The molecule has 3 nitrogen and oxygen atoms in total. The Kier molecular flexibility index (Phi) is 3.55. The molecule has 1 aromatic rings. The van der Waals surface area contributed by atoms with Gasteiger partial charge in [-0.05, 0) is 42.9 Å². The van der Waals surface area contributed by atoms with Crippen molar-refractivity contribution in [2.24, 2.45) is 11.8 Å². The van der Waals surface area contributed by atoms with Crippen LogP contribution in [0.25, 0.3) is 0 Å². The zero-order chi connectivity index (χ0) is 13.3. The number of aromatic carboxylic acids is 1. The van der Waals surface area contributed by atoms with E-state index in [-0.39, 0.29) is 11.6 Å². The monoisotopic (exact) mass is 251 g/mol. The van der Waals surface area contributed by atoms with Crippen LogP contribution in [0.1, 0.15) is 37.0 Å². The van der Waals surface area contributed by atoms with Crippen molar-refractivity contribution in [2.75, 3.05) is 5.32 Å². The second kappa shape index (κ2) is 4.96. The van der Waals surface area contributed by atoms with Crippen molar-refractivity contribution in [3.05, 3.63) is 29.6 Å². The molecule has 1 saturated carbocycles. The third-order valence-corrected chi connectivity index (χ3v) is 4.02. The van der Waals surface area contributed by atoms with Crippen molar-refractivity contribution in [3.63, 3.8) is 0 Å². The van der Waals surface area contributed by atoms with Crippen LogP contribution in [0.15, 0.2) is 18.2 Å². The lowest BCUT2D eigenvalue weighted by molar-refractivity contribution is 0.0697. The molecule has 0 aliphatic heterocycles. The van der Waals surface area contributed by atoms with Gasteiger partial charge in [-0.3, -0.25) is 0 Å². The van der Waals surface area contributed by atoms with Gasteiger partial charge in [0.05, 0.1) is 5.56 Å². The predicted octanol–water partition coefficient (Wildman–Crippen LogP) is 3.37. The first-order chi connectivity index (χ1) is 8.49. The van der Waals surface area contributed by atoms with Gasteiger partial charge < -0.3 is 10.4 Å². The largest absolute Gasteiger partial charge is 0.478 e. The molecular weight excluding hydrogens is 233 g/mol. The molecule has 0 heterocycles. The fraction of sp³-hybridized carbons (Fsp3) is 0.500. The molecule has 0 bridgehead atoms. The molecule has 3 atom stereocenters. The number of carbonyl (C=O) groups is 1. The van der Waals surface area contributed by atoms with E-state index < -0.39 is 11.8 Å². The van der Waals surface area contributed by atoms with Crippen LogP contribution in [0.2, 0.25) is 0 Å².